The van der Waals surface area contributed by atoms with Gasteiger partial charge in [-0.2, -0.15) is 23.3 Å². The molecule has 27 heavy (non-hydrogen) atoms. The SMILES string of the molecule is COc1ccc(C2(F)C(=O)N(c3ccccc3)N=C2C(F)(F)F)c(OC)c1. The fraction of sp³-hybridized carbons (Fsp3) is 0.222. The number of hydrogen-bond donors (Lipinski definition) is 0. The molecular weight excluding hydrogens is 368 g/mol. The first-order valence-electron chi connectivity index (χ1n) is 7.70. The molecular formula is C18H14F4N2O3. The molecule has 0 saturated heterocycles. The lowest BCUT2D eigenvalue weighted by atomic mass is 9.89. The van der Waals surface area contributed by atoms with Crippen molar-refractivity contribution in [1.82, 2.24) is 0 Å². The lowest BCUT2D eigenvalue weighted by molar-refractivity contribution is -0.127. The minimum absolute atomic E-state index is 0.0104. The zero-order chi connectivity index (χ0) is 19.8. The van der Waals surface area contributed by atoms with Crippen molar-refractivity contribution in [2.24, 2.45) is 5.10 Å². The van der Waals surface area contributed by atoms with E-state index in [1.54, 1.807) is 6.07 Å². The molecule has 0 N–H and O–H groups in total. The van der Waals surface area contributed by atoms with Gasteiger partial charge in [0.15, 0.2) is 5.71 Å². The van der Waals surface area contributed by atoms with Crippen molar-refractivity contribution < 1.29 is 31.8 Å². The third kappa shape index (κ3) is 2.98. The highest BCUT2D eigenvalue weighted by atomic mass is 19.4. The van der Waals surface area contributed by atoms with Crippen molar-refractivity contribution in [3.05, 3.63) is 54.1 Å². The van der Waals surface area contributed by atoms with Crippen LogP contribution in [0.2, 0.25) is 0 Å². The molecule has 0 bridgehead atoms. The van der Waals surface area contributed by atoms with E-state index in [2.05, 4.69) is 5.10 Å². The molecule has 1 aliphatic heterocycles. The van der Waals surface area contributed by atoms with Crippen LogP contribution in [-0.2, 0) is 10.5 Å². The Kier molecular flexibility index (Phi) is 4.54. The predicted molar refractivity (Wildman–Crippen MR) is 89.8 cm³/mol. The van der Waals surface area contributed by atoms with Gasteiger partial charge in [0.25, 0.3) is 11.6 Å². The summed E-state index contributed by atoms with van der Waals surface area (Å²) < 4.78 is 66.5. The van der Waals surface area contributed by atoms with E-state index in [0.717, 1.165) is 13.2 Å². The van der Waals surface area contributed by atoms with Crippen LogP contribution in [0.5, 0.6) is 11.5 Å². The third-order valence-electron chi connectivity index (χ3n) is 4.06. The molecule has 142 valence electrons. The third-order valence-corrected chi connectivity index (χ3v) is 4.06. The summed E-state index contributed by atoms with van der Waals surface area (Å²) in [6.07, 6.45) is -5.18. The summed E-state index contributed by atoms with van der Waals surface area (Å²) in [5, 5.41) is 3.68. The van der Waals surface area contributed by atoms with Gasteiger partial charge >= 0.3 is 6.18 Å². The van der Waals surface area contributed by atoms with Crippen LogP contribution < -0.4 is 14.5 Å². The van der Waals surface area contributed by atoms with Gasteiger partial charge in [0.05, 0.1) is 19.9 Å². The molecule has 1 atom stereocenters. The zero-order valence-electron chi connectivity index (χ0n) is 14.2. The number of amides is 1. The molecule has 1 aliphatic rings. The number of alkyl halides is 4. The molecule has 0 aliphatic carbocycles. The number of rotatable bonds is 4. The maximum Gasteiger partial charge on any atom is 0.435 e. The highest BCUT2D eigenvalue weighted by Crippen LogP contribution is 2.46. The summed E-state index contributed by atoms with van der Waals surface area (Å²) in [6, 6.07) is 10.8. The van der Waals surface area contributed by atoms with E-state index in [4.69, 9.17) is 9.47 Å². The Morgan fingerprint density at radius 3 is 2.26 bits per heavy atom. The number of anilines is 1. The summed E-state index contributed by atoms with van der Waals surface area (Å²) in [7, 11) is 2.49. The molecule has 3 rings (SSSR count). The Morgan fingerprint density at radius 2 is 1.70 bits per heavy atom. The van der Waals surface area contributed by atoms with Gasteiger partial charge in [-0.3, -0.25) is 4.79 Å². The van der Waals surface area contributed by atoms with Gasteiger partial charge in [-0.1, -0.05) is 18.2 Å². The van der Waals surface area contributed by atoms with Crippen LogP contribution in [0.3, 0.4) is 0 Å². The summed E-state index contributed by atoms with van der Waals surface area (Å²) in [6.45, 7) is 0. The van der Waals surface area contributed by atoms with Gasteiger partial charge in [-0.05, 0) is 24.3 Å². The van der Waals surface area contributed by atoms with Crippen LogP contribution in [0.15, 0.2) is 53.6 Å². The molecule has 2 aromatic carbocycles. The Labute approximate surface area is 151 Å². The maximum atomic E-state index is 15.9. The molecule has 0 spiro atoms. The van der Waals surface area contributed by atoms with Gasteiger partial charge in [-0.15, -0.1) is 0 Å². The Balaban J connectivity index is 2.21. The summed E-state index contributed by atoms with van der Waals surface area (Å²) in [4.78, 5) is 12.8. The molecule has 1 amide bonds. The predicted octanol–water partition coefficient (Wildman–Crippen LogP) is 3.83. The van der Waals surface area contributed by atoms with Crippen LogP contribution in [0.1, 0.15) is 5.56 Å². The van der Waals surface area contributed by atoms with Crippen molar-refractivity contribution in [2.75, 3.05) is 19.2 Å². The van der Waals surface area contributed by atoms with Crippen LogP contribution in [0, 0.1) is 0 Å². The highest BCUT2D eigenvalue weighted by molar-refractivity contribution is 6.24. The molecule has 0 fully saturated rings. The smallest absolute Gasteiger partial charge is 0.435 e. The molecule has 2 aromatic rings. The molecule has 1 heterocycles. The number of hydrazone groups is 1. The Morgan fingerprint density at radius 1 is 1.04 bits per heavy atom. The number of hydrogen-bond acceptors (Lipinski definition) is 4. The first kappa shape index (κ1) is 18.7. The van der Waals surface area contributed by atoms with Crippen molar-refractivity contribution in [2.45, 2.75) is 11.8 Å². The number of halogens is 4. The van der Waals surface area contributed by atoms with Gasteiger partial charge in [0.1, 0.15) is 11.5 Å². The number of benzene rings is 2. The first-order chi connectivity index (χ1) is 12.7. The number of methoxy groups -OCH3 is 2. The summed E-state index contributed by atoms with van der Waals surface area (Å²) in [5.41, 5.74) is -6.03. The van der Waals surface area contributed by atoms with Crippen molar-refractivity contribution in [3.63, 3.8) is 0 Å². The minimum Gasteiger partial charge on any atom is -0.497 e. The summed E-state index contributed by atoms with van der Waals surface area (Å²) in [5.74, 6) is -1.52. The zero-order valence-corrected chi connectivity index (χ0v) is 14.2. The Hall–Kier alpha value is -3.10. The second-order valence-electron chi connectivity index (χ2n) is 5.62. The van der Waals surface area contributed by atoms with E-state index in [0.29, 0.717) is 5.01 Å². The number of para-hydroxylation sites is 1. The van der Waals surface area contributed by atoms with Gasteiger partial charge in [-0.25, -0.2) is 4.39 Å². The van der Waals surface area contributed by atoms with Crippen LogP contribution in [0.4, 0.5) is 23.2 Å². The maximum absolute atomic E-state index is 15.9. The number of carbonyl (C=O) groups excluding carboxylic acids is 1. The van der Waals surface area contributed by atoms with Crippen LogP contribution in [0.25, 0.3) is 0 Å². The second-order valence-corrected chi connectivity index (χ2v) is 5.62. The molecule has 0 radical (unpaired) electrons. The molecule has 5 nitrogen and oxygen atoms in total. The highest BCUT2D eigenvalue weighted by Gasteiger charge is 2.64. The lowest BCUT2D eigenvalue weighted by Gasteiger charge is -2.24. The van der Waals surface area contributed by atoms with Crippen molar-refractivity contribution in [3.8, 4) is 11.5 Å². The van der Waals surface area contributed by atoms with Gasteiger partial charge < -0.3 is 9.47 Å². The molecule has 1 unspecified atom stereocenters. The largest absolute Gasteiger partial charge is 0.497 e. The van der Waals surface area contributed by atoms with Crippen molar-refractivity contribution in [1.29, 1.82) is 0 Å². The lowest BCUT2D eigenvalue weighted by Crippen LogP contribution is -2.45. The fourth-order valence-electron chi connectivity index (χ4n) is 2.78. The Bertz CT molecular complexity index is 899. The number of ether oxygens (including phenoxy) is 2. The molecule has 9 heteroatoms. The van der Waals surface area contributed by atoms with Crippen LogP contribution >= 0.6 is 0 Å². The van der Waals surface area contributed by atoms with E-state index >= 15 is 4.39 Å². The fourth-order valence-corrected chi connectivity index (χ4v) is 2.78. The van der Waals surface area contributed by atoms with E-state index in [-0.39, 0.29) is 17.2 Å². The first-order valence-corrected chi connectivity index (χ1v) is 7.70. The average molecular weight is 382 g/mol. The quantitative estimate of drug-likeness (QED) is 0.756. The summed E-state index contributed by atoms with van der Waals surface area (Å²) >= 11 is 0. The van der Waals surface area contributed by atoms with E-state index in [1.807, 2.05) is 0 Å². The number of nitrogens with zero attached hydrogens (tertiary/aromatic N) is 2. The van der Waals surface area contributed by atoms with E-state index in [9.17, 15) is 18.0 Å². The van der Waals surface area contributed by atoms with Crippen molar-refractivity contribution >= 4 is 17.3 Å². The van der Waals surface area contributed by atoms with Gasteiger partial charge in [0, 0.05) is 11.6 Å². The average Bonchev–Trinajstić information content (AvgIpc) is 2.94. The topological polar surface area (TPSA) is 51.1 Å². The minimum atomic E-state index is -5.18. The molecule has 0 saturated carbocycles. The molecule has 0 aromatic heterocycles. The number of carbonyl (C=O) groups is 1. The van der Waals surface area contributed by atoms with E-state index in [1.165, 1.54) is 43.5 Å². The van der Waals surface area contributed by atoms with E-state index < -0.39 is 29.0 Å². The van der Waals surface area contributed by atoms with Crippen LogP contribution in [-0.4, -0.2) is 32.0 Å². The second kappa shape index (κ2) is 6.57. The monoisotopic (exact) mass is 382 g/mol. The van der Waals surface area contributed by atoms with Gasteiger partial charge in [0.2, 0.25) is 0 Å². The standard InChI is InChI=1S/C18H14F4N2O3/c1-26-12-8-9-13(14(10-12)27-2)17(19)15(18(20,21)22)23-24(16(17)25)11-6-4-3-5-7-11/h3-10H,1-2H3. The normalized spacial score (nSPS) is 19.9.